The second kappa shape index (κ2) is 5.08. The Hall–Kier alpha value is -2.04. The molecular weight excluding hydrogens is 232 g/mol. The van der Waals surface area contributed by atoms with Crippen LogP contribution in [0.1, 0.15) is 25.5 Å². The van der Waals surface area contributed by atoms with Gasteiger partial charge in [0.05, 0.1) is 12.6 Å². The van der Waals surface area contributed by atoms with Gasteiger partial charge in [0.2, 0.25) is 5.91 Å². The molecule has 2 rings (SSSR count). The highest BCUT2D eigenvalue weighted by molar-refractivity contribution is 5.89. The molecule has 0 aromatic heterocycles. The van der Waals surface area contributed by atoms with Gasteiger partial charge in [0.25, 0.3) is 0 Å². The predicted octanol–water partition coefficient (Wildman–Crippen LogP) is 1.84. The first-order chi connectivity index (χ1) is 8.58. The first-order valence-electron chi connectivity index (χ1n) is 5.89. The number of carbonyl (C=O) groups excluding carboxylic acids is 2. The summed E-state index contributed by atoms with van der Waals surface area (Å²) in [5, 5.41) is 2.81. The number of anilines is 1. The second-order valence-electron chi connectivity index (χ2n) is 4.28. The zero-order chi connectivity index (χ0) is 13.1. The zero-order valence-corrected chi connectivity index (χ0v) is 10.5. The van der Waals surface area contributed by atoms with E-state index in [1.807, 2.05) is 31.2 Å². The molecule has 2 amide bonds. The minimum Gasteiger partial charge on any atom is -0.447 e. The van der Waals surface area contributed by atoms with Gasteiger partial charge >= 0.3 is 6.09 Å². The molecule has 0 aliphatic carbocycles. The molecule has 0 radical (unpaired) electrons. The molecule has 1 aliphatic rings. The van der Waals surface area contributed by atoms with Gasteiger partial charge in [-0.05, 0) is 24.6 Å². The van der Waals surface area contributed by atoms with Crippen molar-refractivity contribution in [2.45, 2.75) is 19.9 Å². The van der Waals surface area contributed by atoms with Crippen molar-refractivity contribution < 1.29 is 14.3 Å². The molecule has 0 bridgehead atoms. The van der Waals surface area contributed by atoms with E-state index in [2.05, 4.69) is 5.32 Å². The number of cyclic esters (lactones) is 1. The molecule has 1 unspecified atom stereocenters. The minimum absolute atomic E-state index is 0.0755. The summed E-state index contributed by atoms with van der Waals surface area (Å²) in [5.74, 6) is -0.0755. The summed E-state index contributed by atoms with van der Waals surface area (Å²) in [7, 11) is 0. The lowest BCUT2D eigenvalue weighted by atomic mass is 10.1. The van der Waals surface area contributed by atoms with Gasteiger partial charge < -0.3 is 10.1 Å². The van der Waals surface area contributed by atoms with Gasteiger partial charge in [-0.15, -0.1) is 0 Å². The standard InChI is InChI=1S/C13H16N2O3/c1-9(14-10(2)16)11-4-3-5-12(8-11)15-6-7-18-13(15)17/h3-5,8-9H,6-7H2,1-2H3,(H,14,16). The van der Waals surface area contributed by atoms with Crippen molar-refractivity contribution in [1.29, 1.82) is 0 Å². The van der Waals surface area contributed by atoms with Crippen LogP contribution in [0.5, 0.6) is 0 Å². The zero-order valence-electron chi connectivity index (χ0n) is 10.5. The molecule has 1 atom stereocenters. The molecule has 96 valence electrons. The molecule has 1 fully saturated rings. The maximum Gasteiger partial charge on any atom is 0.414 e. The number of ether oxygens (including phenoxy) is 1. The summed E-state index contributed by atoms with van der Waals surface area (Å²) in [6, 6.07) is 7.46. The third kappa shape index (κ3) is 2.61. The lowest BCUT2D eigenvalue weighted by Gasteiger charge is -2.17. The maximum absolute atomic E-state index is 11.5. The lowest BCUT2D eigenvalue weighted by molar-refractivity contribution is -0.119. The van der Waals surface area contributed by atoms with E-state index in [9.17, 15) is 9.59 Å². The monoisotopic (exact) mass is 248 g/mol. The van der Waals surface area contributed by atoms with Crippen molar-refractivity contribution in [2.24, 2.45) is 0 Å². The van der Waals surface area contributed by atoms with E-state index in [-0.39, 0.29) is 18.0 Å². The Kier molecular flexibility index (Phi) is 3.50. The Morgan fingerprint density at radius 2 is 2.28 bits per heavy atom. The van der Waals surface area contributed by atoms with Crippen molar-refractivity contribution in [3.05, 3.63) is 29.8 Å². The normalized spacial score (nSPS) is 16.3. The van der Waals surface area contributed by atoms with Gasteiger partial charge in [0.15, 0.2) is 0 Å². The summed E-state index contributed by atoms with van der Waals surface area (Å²) in [4.78, 5) is 24.1. The van der Waals surface area contributed by atoms with Crippen molar-refractivity contribution in [3.8, 4) is 0 Å². The van der Waals surface area contributed by atoms with E-state index in [4.69, 9.17) is 4.74 Å². The smallest absolute Gasteiger partial charge is 0.414 e. The molecule has 0 saturated carbocycles. The molecule has 1 saturated heterocycles. The van der Waals surface area contributed by atoms with E-state index < -0.39 is 0 Å². The molecule has 1 aromatic rings. The van der Waals surface area contributed by atoms with Crippen LogP contribution in [0.2, 0.25) is 0 Å². The van der Waals surface area contributed by atoms with Crippen LogP contribution in [0.3, 0.4) is 0 Å². The largest absolute Gasteiger partial charge is 0.447 e. The third-order valence-electron chi connectivity index (χ3n) is 2.86. The van der Waals surface area contributed by atoms with E-state index in [1.54, 1.807) is 4.90 Å². The number of carbonyl (C=O) groups is 2. The predicted molar refractivity (Wildman–Crippen MR) is 67.4 cm³/mol. The molecule has 1 aliphatic heterocycles. The summed E-state index contributed by atoms with van der Waals surface area (Å²) in [5.41, 5.74) is 1.76. The van der Waals surface area contributed by atoms with Crippen LogP contribution in [-0.4, -0.2) is 25.2 Å². The van der Waals surface area contributed by atoms with Gasteiger partial charge in [-0.1, -0.05) is 12.1 Å². The number of nitrogens with one attached hydrogen (secondary N) is 1. The molecule has 18 heavy (non-hydrogen) atoms. The van der Waals surface area contributed by atoms with Gasteiger partial charge in [0.1, 0.15) is 6.61 Å². The van der Waals surface area contributed by atoms with Crippen LogP contribution in [0.4, 0.5) is 10.5 Å². The maximum atomic E-state index is 11.5. The Balaban J connectivity index is 2.19. The SMILES string of the molecule is CC(=O)NC(C)c1cccc(N2CCOC2=O)c1. The summed E-state index contributed by atoms with van der Waals surface area (Å²) in [6.07, 6.45) is -0.320. The third-order valence-corrected chi connectivity index (χ3v) is 2.86. The van der Waals surface area contributed by atoms with Crippen molar-refractivity contribution in [3.63, 3.8) is 0 Å². The molecular formula is C13H16N2O3. The fraction of sp³-hybridized carbons (Fsp3) is 0.385. The van der Waals surface area contributed by atoms with Gasteiger partial charge in [-0.3, -0.25) is 9.69 Å². The number of hydrogen-bond donors (Lipinski definition) is 1. The van der Waals surface area contributed by atoms with Crippen molar-refractivity contribution in [1.82, 2.24) is 5.32 Å². The highest BCUT2D eigenvalue weighted by atomic mass is 16.6. The number of rotatable bonds is 3. The molecule has 5 nitrogen and oxygen atoms in total. The second-order valence-corrected chi connectivity index (χ2v) is 4.28. The Morgan fingerprint density at radius 3 is 2.89 bits per heavy atom. The average molecular weight is 248 g/mol. The summed E-state index contributed by atoms with van der Waals surface area (Å²) >= 11 is 0. The fourth-order valence-corrected chi connectivity index (χ4v) is 1.98. The Bertz CT molecular complexity index is 473. The highest BCUT2D eigenvalue weighted by Gasteiger charge is 2.23. The summed E-state index contributed by atoms with van der Waals surface area (Å²) < 4.78 is 4.90. The van der Waals surface area contributed by atoms with Gasteiger partial charge in [-0.25, -0.2) is 4.79 Å². The van der Waals surface area contributed by atoms with Crippen molar-refractivity contribution >= 4 is 17.7 Å². The van der Waals surface area contributed by atoms with Crippen molar-refractivity contribution in [2.75, 3.05) is 18.1 Å². The lowest BCUT2D eigenvalue weighted by Crippen LogP contribution is -2.25. The Morgan fingerprint density at radius 1 is 1.50 bits per heavy atom. The quantitative estimate of drug-likeness (QED) is 0.888. The van der Waals surface area contributed by atoms with Crippen LogP contribution in [0.25, 0.3) is 0 Å². The first-order valence-corrected chi connectivity index (χ1v) is 5.89. The summed E-state index contributed by atoms with van der Waals surface area (Å²) in [6.45, 7) is 4.38. The van der Waals surface area contributed by atoms with E-state index in [0.717, 1.165) is 11.3 Å². The molecule has 1 aromatic carbocycles. The minimum atomic E-state index is -0.320. The molecule has 0 spiro atoms. The topological polar surface area (TPSA) is 58.6 Å². The van der Waals surface area contributed by atoms with Gasteiger partial charge in [0, 0.05) is 12.6 Å². The molecule has 1 heterocycles. The van der Waals surface area contributed by atoms with E-state index in [0.29, 0.717) is 13.2 Å². The number of benzene rings is 1. The first kappa shape index (κ1) is 12.4. The molecule has 5 heteroatoms. The van der Waals surface area contributed by atoms with Crippen LogP contribution in [0.15, 0.2) is 24.3 Å². The van der Waals surface area contributed by atoms with E-state index in [1.165, 1.54) is 6.92 Å². The Labute approximate surface area is 106 Å². The van der Waals surface area contributed by atoms with Crippen LogP contribution in [-0.2, 0) is 9.53 Å². The average Bonchev–Trinajstić information content (AvgIpc) is 2.75. The highest BCUT2D eigenvalue weighted by Crippen LogP contribution is 2.23. The fourth-order valence-electron chi connectivity index (χ4n) is 1.98. The number of amides is 2. The number of hydrogen-bond acceptors (Lipinski definition) is 3. The number of nitrogens with zero attached hydrogens (tertiary/aromatic N) is 1. The van der Waals surface area contributed by atoms with Crippen LogP contribution >= 0.6 is 0 Å². The van der Waals surface area contributed by atoms with Crippen LogP contribution < -0.4 is 10.2 Å². The molecule has 1 N–H and O–H groups in total. The van der Waals surface area contributed by atoms with E-state index >= 15 is 0 Å². The van der Waals surface area contributed by atoms with Gasteiger partial charge in [-0.2, -0.15) is 0 Å². The van der Waals surface area contributed by atoms with Crippen LogP contribution in [0, 0.1) is 0 Å².